The van der Waals surface area contributed by atoms with Gasteiger partial charge in [0.2, 0.25) is 0 Å². The van der Waals surface area contributed by atoms with E-state index in [0.29, 0.717) is 5.65 Å². The Bertz CT molecular complexity index is 651. The van der Waals surface area contributed by atoms with Crippen LogP contribution in [0, 0.1) is 0 Å². The van der Waals surface area contributed by atoms with Crippen molar-refractivity contribution in [2.45, 2.75) is 24.5 Å². The molecule has 19 heavy (non-hydrogen) atoms. The number of ether oxygens (including phenoxy) is 1. The average molecular weight is 268 g/mol. The summed E-state index contributed by atoms with van der Waals surface area (Å²) in [4.78, 5) is 11.7. The summed E-state index contributed by atoms with van der Waals surface area (Å²) >= 11 is 0. The van der Waals surface area contributed by atoms with Gasteiger partial charge in [-0.25, -0.2) is 4.79 Å². The third-order valence-corrected chi connectivity index (χ3v) is 3.29. The van der Waals surface area contributed by atoms with Crippen LogP contribution in [0.3, 0.4) is 0 Å². The molecule has 0 spiro atoms. The van der Waals surface area contributed by atoms with Crippen molar-refractivity contribution in [2.75, 3.05) is 6.61 Å². The van der Waals surface area contributed by atoms with Crippen LogP contribution in [0.1, 0.15) is 6.23 Å². The molecular weight excluding hydrogens is 254 g/mol. The van der Waals surface area contributed by atoms with E-state index in [1.807, 2.05) is 0 Å². The van der Waals surface area contributed by atoms with E-state index in [0.717, 1.165) is 0 Å². The van der Waals surface area contributed by atoms with Crippen LogP contribution >= 0.6 is 0 Å². The summed E-state index contributed by atoms with van der Waals surface area (Å²) < 4.78 is 8.07. The molecule has 2 aromatic rings. The molecule has 0 radical (unpaired) electrons. The fourth-order valence-electron chi connectivity index (χ4n) is 2.30. The number of fused-ring (bicyclic) bond motifs is 1. The summed E-state index contributed by atoms with van der Waals surface area (Å²) in [7, 11) is 0. The maximum Gasteiger partial charge on any atom is 0.449 e. The van der Waals surface area contributed by atoms with Gasteiger partial charge in [-0.3, -0.25) is 0 Å². The van der Waals surface area contributed by atoms with E-state index < -0.39 is 31.1 Å². The number of aliphatic hydroxyl groups is 3. The Morgan fingerprint density at radius 2 is 2.16 bits per heavy atom. The third kappa shape index (κ3) is 1.77. The highest BCUT2D eigenvalue weighted by Crippen LogP contribution is 2.25. The van der Waals surface area contributed by atoms with Crippen molar-refractivity contribution < 1.29 is 24.7 Å². The van der Waals surface area contributed by atoms with Crippen LogP contribution in [0.4, 0.5) is 0 Å². The van der Waals surface area contributed by atoms with Crippen molar-refractivity contribution in [1.29, 1.82) is 0 Å². The minimum absolute atomic E-state index is 0.381. The van der Waals surface area contributed by atoms with Crippen molar-refractivity contribution in [3.8, 4) is 0 Å². The lowest BCUT2D eigenvalue weighted by molar-refractivity contribution is -0.792. The molecule has 4 atom stereocenters. The van der Waals surface area contributed by atoms with E-state index >= 15 is 0 Å². The normalized spacial score (nSPS) is 31.1. The van der Waals surface area contributed by atoms with Gasteiger partial charge in [0.1, 0.15) is 18.4 Å². The van der Waals surface area contributed by atoms with Gasteiger partial charge in [0.15, 0.2) is 6.10 Å². The first-order valence-electron chi connectivity index (χ1n) is 5.87. The summed E-state index contributed by atoms with van der Waals surface area (Å²) in [5.74, 6) is 0. The average Bonchev–Trinajstić information content (AvgIpc) is 2.90. The van der Waals surface area contributed by atoms with Gasteiger partial charge >= 0.3 is 11.3 Å². The number of aromatic nitrogens is 3. The van der Waals surface area contributed by atoms with Gasteiger partial charge in [-0.05, 0) is 6.07 Å². The molecule has 1 unspecified atom stereocenters. The molecule has 102 valence electrons. The van der Waals surface area contributed by atoms with Crippen molar-refractivity contribution in [3.05, 3.63) is 34.9 Å². The predicted octanol–water partition coefficient (Wildman–Crippen LogP) is -2.47. The third-order valence-electron chi connectivity index (χ3n) is 3.29. The number of nitrogens with one attached hydrogen (secondary N) is 1. The van der Waals surface area contributed by atoms with Crippen LogP contribution in [0.25, 0.3) is 5.65 Å². The van der Waals surface area contributed by atoms with E-state index in [1.54, 1.807) is 24.4 Å². The predicted molar refractivity (Wildman–Crippen MR) is 61.2 cm³/mol. The summed E-state index contributed by atoms with van der Waals surface area (Å²) in [5.41, 5.74) is 0.107. The Labute approximate surface area is 107 Å². The molecule has 1 aliphatic rings. The molecule has 0 amide bonds. The largest absolute Gasteiger partial charge is 0.449 e. The van der Waals surface area contributed by atoms with E-state index in [4.69, 9.17) is 9.84 Å². The molecule has 0 aliphatic carbocycles. The first kappa shape index (κ1) is 12.3. The van der Waals surface area contributed by atoms with Crippen LogP contribution in [-0.2, 0) is 4.74 Å². The molecule has 1 fully saturated rings. The number of rotatable bonds is 2. The lowest BCUT2D eigenvalue weighted by atomic mass is 10.1. The second-order valence-electron chi connectivity index (χ2n) is 4.44. The number of pyridine rings is 1. The Morgan fingerprint density at radius 1 is 1.37 bits per heavy atom. The summed E-state index contributed by atoms with van der Waals surface area (Å²) in [6.45, 7) is -0.411. The molecule has 1 saturated heterocycles. The summed E-state index contributed by atoms with van der Waals surface area (Å²) in [6.07, 6.45) is -2.69. The number of hydrogen-bond donors (Lipinski definition) is 4. The second kappa shape index (κ2) is 4.42. The van der Waals surface area contributed by atoms with Gasteiger partial charge in [0.25, 0.3) is 6.23 Å². The number of aromatic amines is 1. The van der Waals surface area contributed by atoms with Crippen LogP contribution < -0.4 is 10.4 Å². The van der Waals surface area contributed by atoms with Gasteiger partial charge in [0.05, 0.1) is 6.61 Å². The maximum atomic E-state index is 11.7. The van der Waals surface area contributed by atoms with Crippen molar-refractivity contribution in [2.24, 2.45) is 0 Å². The van der Waals surface area contributed by atoms with Gasteiger partial charge in [-0.1, -0.05) is 6.07 Å². The molecule has 0 bridgehead atoms. The zero-order valence-electron chi connectivity index (χ0n) is 9.88. The van der Waals surface area contributed by atoms with Crippen LogP contribution in [0.2, 0.25) is 0 Å². The monoisotopic (exact) mass is 268 g/mol. The van der Waals surface area contributed by atoms with Crippen LogP contribution in [0.5, 0.6) is 0 Å². The van der Waals surface area contributed by atoms with E-state index in [-0.39, 0.29) is 5.69 Å². The van der Waals surface area contributed by atoms with Crippen molar-refractivity contribution >= 4 is 5.65 Å². The highest BCUT2D eigenvalue weighted by molar-refractivity contribution is 5.29. The van der Waals surface area contributed by atoms with Gasteiger partial charge in [-0.2, -0.15) is 5.10 Å². The zero-order valence-corrected chi connectivity index (χ0v) is 9.88. The fraction of sp³-hybridized carbons (Fsp3) is 0.455. The maximum absolute atomic E-state index is 11.7. The van der Waals surface area contributed by atoms with Crippen molar-refractivity contribution in [3.63, 3.8) is 0 Å². The van der Waals surface area contributed by atoms with Crippen LogP contribution in [-0.4, -0.2) is 49.7 Å². The molecule has 4 N–H and O–H groups in total. The first-order chi connectivity index (χ1) is 9.13. The Kier molecular flexibility index (Phi) is 2.86. The molecule has 8 nitrogen and oxygen atoms in total. The molecule has 8 heteroatoms. The molecule has 0 saturated carbocycles. The van der Waals surface area contributed by atoms with E-state index in [1.165, 1.54) is 9.08 Å². The highest BCUT2D eigenvalue weighted by atomic mass is 16.6. The number of H-pyrrole nitrogens is 1. The first-order valence-corrected chi connectivity index (χ1v) is 5.87. The molecule has 0 aromatic carbocycles. The Hall–Kier alpha value is -1.74. The zero-order chi connectivity index (χ0) is 13.6. The Morgan fingerprint density at radius 3 is 2.84 bits per heavy atom. The molecule has 1 aliphatic heterocycles. The molecule has 3 rings (SSSR count). The quantitative estimate of drug-likeness (QED) is 0.451. The van der Waals surface area contributed by atoms with Gasteiger partial charge in [0, 0.05) is 6.07 Å². The van der Waals surface area contributed by atoms with Gasteiger partial charge in [-0.15, -0.1) is 9.08 Å². The van der Waals surface area contributed by atoms with Crippen LogP contribution in [0.15, 0.2) is 29.2 Å². The summed E-state index contributed by atoms with van der Waals surface area (Å²) in [6, 6.07) is 5.11. The van der Waals surface area contributed by atoms with E-state index in [2.05, 4.69) is 5.10 Å². The molecular formula is C11H14N3O5+. The molecule has 2 aromatic heterocycles. The smallest absolute Gasteiger partial charge is 0.394 e. The minimum Gasteiger partial charge on any atom is -0.394 e. The second-order valence-corrected chi connectivity index (χ2v) is 4.44. The topological polar surface area (TPSA) is 111 Å². The number of nitrogens with zero attached hydrogens (tertiary/aromatic N) is 2. The molecule has 3 heterocycles. The lowest BCUT2D eigenvalue weighted by Gasteiger charge is -2.10. The fourth-order valence-corrected chi connectivity index (χ4v) is 2.30. The lowest BCUT2D eigenvalue weighted by Crippen LogP contribution is -2.49. The Balaban J connectivity index is 2.08. The standard InChI is InChI=1S/C11H13N3O5/c15-5-6-8(16)9(17)10(19-6)14-7-3-1-2-4-13(7)11(18)12-14/h1-4,6,8-10,15-17H,5H2/p+1/t6-,8-,9?,10-/m1/s1. The summed E-state index contributed by atoms with van der Waals surface area (Å²) in [5, 5.41) is 31.3. The van der Waals surface area contributed by atoms with E-state index in [9.17, 15) is 15.0 Å². The minimum atomic E-state index is -1.23. The van der Waals surface area contributed by atoms with Crippen molar-refractivity contribution in [1.82, 2.24) is 9.50 Å². The highest BCUT2D eigenvalue weighted by Gasteiger charge is 2.47. The van der Waals surface area contributed by atoms with Gasteiger partial charge < -0.3 is 20.1 Å². The number of hydrogen-bond acceptors (Lipinski definition) is 5. The SMILES string of the molecule is O=c1[nH][n+]([C@@H]2O[C@H](CO)[C@@H](O)C2O)c2ccccn12. The number of aliphatic hydroxyl groups excluding tert-OH is 3.